The quantitative estimate of drug-likeness (QED) is 0.780. The Kier molecular flexibility index (Phi) is 3.91. The Morgan fingerprint density at radius 2 is 2.11 bits per heavy atom. The Bertz CT molecular complexity index is 589. The summed E-state index contributed by atoms with van der Waals surface area (Å²) in [6.07, 6.45) is 5.31. The van der Waals surface area contributed by atoms with Crippen LogP contribution < -0.4 is 5.32 Å². The normalized spacial score (nSPS) is 16.1. The predicted molar refractivity (Wildman–Crippen MR) is 89.8 cm³/mol. The van der Waals surface area contributed by atoms with Crippen LogP contribution in [0.5, 0.6) is 0 Å². The Hall–Kier alpha value is -0.840. The van der Waals surface area contributed by atoms with Gasteiger partial charge in [-0.1, -0.05) is 25.0 Å². The zero-order valence-electron chi connectivity index (χ0n) is 11.2. The van der Waals surface area contributed by atoms with Gasteiger partial charge in [0.2, 0.25) is 0 Å². The summed E-state index contributed by atoms with van der Waals surface area (Å²) in [5, 5.41) is 4.74. The molecule has 3 heteroatoms. The lowest BCUT2D eigenvalue weighted by atomic mass is 10.0. The highest BCUT2D eigenvalue weighted by molar-refractivity contribution is 14.1. The highest BCUT2D eigenvalue weighted by Gasteiger charge is 2.20. The van der Waals surface area contributed by atoms with Crippen molar-refractivity contribution in [2.24, 2.45) is 0 Å². The monoisotopic (exact) mass is 366 g/mol. The Labute approximate surface area is 128 Å². The number of anilines is 1. The molecular weight excluding hydrogens is 347 g/mol. The minimum atomic E-state index is 0.665. The molecule has 0 aliphatic heterocycles. The largest absolute Gasteiger partial charge is 0.385 e. The lowest BCUT2D eigenvalue weighted by Crippen LogP contribution is -2.03. The third-order valence-electron chi connectivity index (χ3n) is 3.95. The molecule has 0 unspecified atom stereocenters. The fraction of sp³-hybridized carbons (Fsp3) is 0.438. The van der Waals surface area contributed by atoms with Crippen LogP contribution >= 0.6 is 22.6 Å². The molecule has 1 heterocycles. The van der Waals surface area contributed by atoms with Crippen molar-refractivity contribution >= 4 is 39.2 Å². The van der Waals surface area contributed by atoms with Gasteiger partial charge in [0.15, 0.2) is 0 Å². The van der Waals surface area contributed by atoms with Crippen molar-refractivity contribution in [1.82, 2.24) is 4.98 Å². The maximum atomic E-state index is 4.95. The van der Waals surface area contributed by atoms with Crippen LogP contribution in [0.1, 0.15) is 44.2 Å². The van der Waals surface area contributed by atoms with Gasteiger partial charge in [-0.2, -0.15) is 0 Å². The average molecular weight is 366 g/mol. The molecule has 1 aliphatic rings. The second-order valence-electron chi connectivity index (χ2n) is 5.24. The van der Waals surface area contributed by atoms with Crippen LogP contribution in [-0.2, 0) is 0 Å². The summed E-state index contributed by atoms with van der Waals surface area (Å²) in [6.45, 7) is 3.10. The second-order valence-corrected chi connectivity index (χ2v) is 6.40. The molecule has 1 aliphatic carbocycles. The SMILES string of the molecule is CCNc1cc(C2CCCC2)nc2c(I)cccc12. The van der Waals surface area contributed by atoms with Gasteiger partial charge in [0.1, 0.15) is 0 Å². The van der Waals surface area contributed by atoms with Crippen molar-refractivity contribution in [3.63, 3.8) is 0 Å². The number of hydrogen-bond acceptors (Lipinski definition) is 2. The van der Waals surface area contributed by atoms with Crippen molar-refractivity contribution in [2.45, 2.75) is 38.5 Å². The predicted octanol–water partition coefficient (Wildman–Crippen LogP) is 4.93. The summed E-state index contributed by atoms with van der Waals surface area (Å²) >= 11 is 2.39. The molecule has 100 valence electrons. The minimum absolute atomic E-state index is 0.665. The van der Waals surface area contributed by atoms with E-state index in [1.54, 1.807) is 0 Å². The van der Waals surface area contributed by atoms with Crippen LogP contribution in [0.3, 0.4) is 0 Å². The number of rotatable bonds is 3. The van der Waals surface area contributed by atoms with E-state index >= 15 is 0 Å². The molecule has 1 saturated carbocycles. The van der Waals surface area contributed by atoms with Gasteiger partial charge < -0.3 is 5.32 Å². The number of hydrogen-bond donors (Lipinski definition) is 1. The van der Waals surface area contributed by atoms with Crippen molar-refractivity contribution in [1.29, 1.82) is 0 Å². The summed E-state index contributed by atoms with van der Waals surface area (Å²) < 4.78 is 1.24. The number of pyridine rings is 1. The van der Waals surface area contributed by atoms with Gasteiger partial charge in [-0.05, 0) is 54.5 Å². The Balaban J connectivity index is 2.16. The van der Waals surface area contributed by atoms with Gasteiger partial charge in [0.25, 0.3) is 0 Å². The number of nitrogens with one attached hydrogen (secondary N) is 1. The Morgan fingerprint density at radius 3 is 2.84 bits per heavy atom. The van der Waals surface area contributed by atoms with E-state index in [2.05, 4.69) is 59.1 Å². The molecular formula is C16H19IN2. The van der Waals surface area contributed by atoms with Gasteiger partial charge >= 0.3 is 0 Å². The molecule has 0 radical (unpaired) electrons. The minimum Gasteiger partial charge on any atom is -0.385 e. The fourth-order valence-corrected chi connectivity index (χ4v) is 3.62. The van der Waals surface area contributed by atoms with Gasteiger partial charge in [-0.25, -0.2) is 0 Å². The molecule has 19 heavy (non-hydrogen) atoms. The van der Waals surface area contributed by atoms with Gasteiger partial charge in [-0.15, -0.1) is 0 Å². The van der Waals surface area contributed by atoms with E-state index < -0.39 is 0 Å². The van der Waals surface area contributed by atoms with Gasteiger partial charge in [-0.3, -0.25) is 4.98 Å². The van der Waals surface area contributed by atoms with Crippen LogP contribution in [0.25, 0.3) is 10.9 Å². The van der Waals surface area contributed by atoms with Crippen molar-refractivity contribution in [3.05, 3.63) is 33.5 Å². The summed E-state index contributed by atoms with van der Waals surface area (Å²) in [5.74, 6) is 0.665. The van der Waals surface area contributed by atoms with Crippen molar-refractivity contribution in [3.8, 4) is 0 Å². The lowest BCUT2D eigenvalue weighted by molar-refractivity contribution is 0.701. The van der Waals surface area contributed by atoms with Crippen LogP contribution in [0, 0.1) is 3.57 Å². The van der Waals surface area contributed by atoms with Crippen molar-refractivity contribution < 1.29 is 0 Å². The molecule has 2 nitrogen and oxygen atoms in total. The smallest absolute Gasteiger partial charge is 0.0859 e. The third kappa shape index (κ3) is 2.57. The Morgan fingerprint density at radius 1 is 1.32 bits per heavy atom. The van der Waals surface area contributed by atoms with E-state index in [9.17, 15) is 0 Å². The lowest BCUT2D eigenvalue weighted by Gasteiger charge is -2.15. The fourth-order valence-electron chi connectivity index (χ4n) is 3.00. The number of halogens is 1. The number of para-hydroxylation sites is 1. The first-order valence-electron chi connectivity index (χ1n) is 7.12. The van der Waals surface area contributed by atoms with Crippen LogP contribution in [0.4, 0.5) is 5.69 Å². The highest BCUT2D eigenvalue weighted by atomic mass is 127. The second kappa shape index (κ2) is 5.65. The molecule has 1 fully saturated rings. The first kappa shape index (κ1) is 13.2. The topological polar surface area (TPSA) is 24.9 Å². The maximum absolute atomic E-state index is 4.95. The standard InChI is InChI=1S/C16H19IN2/c1-2-18-15-10-14(11-6-3-4-7-11)19-16-12(15)8-5-9-13(16)17/h5,8-11H,2-4,6-7H2,1H3,(H,18,19). The van der Waals surface area contributed by atoms with E-state index in [1.807, 2.05) is 0 Å². The summed E-state index contributed by atoms with van der Waals surface area (Å²) in [6, 6.07) is 8.70. The zero-order chi connectivity index (χ0) is 13.2. The molecule has 0 bridgehead atoms. The first-order chi connectivity index (χ1) is 9.29. The molecule has 1 aromatic carbocycles. The molecule has 0 amide bonds. The summed E-state index contributed by atoms with van der Waals surface area (Å²) in [7, 11) is 0. The number of aromatic nitrogens is 1. The zero-order valence-corrected chi connectivity index (χ0v) is 13.4. The number of nitrogens with zero attached hydrogens (tertiary/aromatic N) is 1. The van der Waals surface area contributed by atoms with E-state index in [0.29, 0.717) is 5.92 Å². The molecule has 3 rings (SSSR count). The van der Waals surface area contributed by atoms with Gasteiger partial charge in [0, 0.05) is 32.8 Å². The van der Waals surface area contributed by atoms with Crippen LogP contribution in [-0.4, -0.2) is 11.5 Å². The highest BCUT2D eigenvalue weighted by Crippen LogP contribution is 2.36. The van der Waals surface area contributed by atoms with E-state index in [4.69, 9.17) is 4.98 Å². The summed E-state index contributed by atoms with van der Waals surface area (Å²) in [5.41, 5.74) is 3.68. The van der Waals surface area contributed by atoms with Gasteiger partial charge in [0.05, 0.1) is 5.52 Å². The summed E-state index contributed by atoms with van der Waals surface area (Å²) in [4.78, 5) is 4.95. The molecule has 1 N–H and O–H groups in total. The van der Waals surface area contributed by atoms with E-state index in [-0.39, 0.29) is 0 Å². The molecule has 2 aromatic rings. The average Bonchev–Trinajstić information content (AvgIpc) is 2.94. The maximum Gasteiger partial charge on any atom is 0.0859 e. The van der Waals surface area contributed by atoms with Crippen molar-refractivity contribution in [2.75, 3.05) is 11.9 Å². The number of benzene rings is 1. The van der Waals surface area contributed by atoms with Crippen LogP contribution in [0.2, 0.25) is 0 Å². The first-order valence-corrected chi connectivity index (χ1v) is 8.20. The number of fused-ring (bicyclic) bond motifs is 1. The third-order valence-corrected chi connectivity index (χ3v) is 4.82. The molecule has 0 atom stereocenters. The molecule has 0 spiro atoms. The molecule has 1 aromatic heterocycles. The van der Waals surface area contributed by atoms with E-state index in [1.165, 1.54) is 46.0 Å². The molecule has 0 saturated heterocycles. The van der Waals surface area contributed by atoms with E-state index in [0.717, 1.165) is 12.1 Å². The van der Waals surface area contributed by atoms with Crippen LogP contribution in [0.15, 0.2) is 24.3 Å².